The monoisotopic (exact) mass is 378 g/mol. The smallest absolute Gasteiger partial charge is 0.200 e. The fourth-order valence-electron chi connectivity index (χ4n) is 3.52. The van der Waals surface area contributed by atoms with Crippen molar-refractivity contribution in [3.63, 3.8) is 0 Å². The fourth-order valence-corrected chi connectivity index (χ4v) is 3.52. The summed E-state index contributed by atoms with van der Waals surface area (Å²) in [6.07, 6.45) is 16.1. The van der Waals surface area contributed by atoms with Gasteiger partial charge in [0, 0.05) is 5.56 Å². The van der Waals surface area contributed by atoms with Crippen LogP contribution in [0.3, 0.4) is 0 Å². The molecule has 0 aliphatic carbocycles. The molecule has 0 aliphatic heterocycles. The third kappa shape index (κ3) is 8.90. The van der Waals surface area contributed by atoms with Crippen molar-refractivity contribution in [3.05, 3.63) is 17.2 Å². The van der Waals surface area contributed by atoms with E-state index < -0.39 is 0 Å². The molecule has 0 aliphatic rings. The van der Waals surface area contributed by atoms with E-state index in [9.17, 15) is 10.2 Å². The maximum Gasteiger partial charge on any atom is 0.200 e. The van der Waals surface area contributed by atoms with E-state index in [-0.39, 0.29) is 11.5 Å². The molecule has 0 spiro atoms. The lowest BCUT2D eigenvalue weighted by molar-refractivity contribution is 0.282. The highest BCUT2D eigenvalue weighted by molar-refractivity contribution is 5.58. The minimum absolute atomic E-state index is 0.0419. The first-order chi connectivity index (χ1) is 13.2. The Morgan fingerprint density at radius 2 is 1.26 bits per heavy atom. The van der Waals surface area contributed by atoms with Gasteiger partial charge in [-0.25, -0.2) is 0 Å². The Morgan fingerprint density at radius 1 is 0.704 bits per heavy atom. The summed E-state index contributed by atoms with van der Waals surface area (Å²) >= 11 is 0. The van der Waals surface area contributed by atoms with E-state index in [1.807, 2.05) is 0 Å². The SMILES string of the molecule is CCCCCCCc1cc(O)c(O)c(OCCCC)c1CCCCCCC. The van der Waals surface area contributed by atoms with E-state index in [0.29, 0.717) is 12.4 Å². The van der Waals surface area contributed by atoms with Gasteiger partial charge in [-0.3, -0.25) is 0 Å². The van der Waals surface area contributed by atoms with Crippen molar-refractivity contribution in [2.24, 2.45) is 0 Å². The number of hydrogen-bond acceptors (Lipinski definition) is 3. The van der Waals surface area contributed by atoms with Crippen LogP contribution >= 0.6 is 0 Å². The van der Waals surface area contributed by atoms with Gasteiger partial charge in [0.25, 0.3) is 0 Å². The molecule has 3 heteroatoms. The molecule has 3 nitrogen and oxygen atoms in total. The molecule has 0 aromatic heterocycles. The van der Waals surface area contributed by atoms with Gasteiger partial charge < -0.3 is 14.9 Å². The Labute approximate surface area is 167 Å². The molecule has 1 rings (SSSR count). The summed E-state index contributed by atoms with van der Waals surface area (Å²) in [7, 11) is 0. The number of aromatic hydroxyl groups is 2. The average Bonchev–Trinajstić information content (AvgIpc) is 2.66. The van der Waals surface area contributed by atoms with Crippen molar-refractivity contribution in [2.45, 2.75) is 111 Å². The van der Waals surface area contributed by atoms with Crippen LogP contribution in [0.2, 0.25) is 0 Å². The predicted octanol–water partition coefficient (Wildman–Crippen LogP) is 7.30. The van der Waals surface area contributed by atoms with Crippen molar-refractivity contribution in [1.82, 2.24) is 0 Å². The number of benzene rings is 1. The van der Waals surface area contributed by atoms with Gasteiger partial charge in [-0.15, -0.1) is 0 Å². The van der Waals surface area contributed by atoms with E-state index >= 15 is 0 Å². The standard InChI is InChI=1S/C24H42O3/c1-4-7-10-12-14-16-20-19-22(25)23(26)24(27-18-9-6-3)21(20)17-15-13-11-8-5-2/h19,25-26H,4-18H2,1-3H3. The Kier molecular flexibility index (Phi) is 12.8. The molecule has 0 bridgehead atoms. The van der Waals surface area contributed by atoms with Crippen LogP contribution in [0, 0.1) is 0 Å². The highest BCUT2D eigenvalue weighted by Crippen LogP contribution is 2.42. The molecule has 156 valence electrons. The summed E-state index contributed by atoms with van der Waals surface area (Å²) in [5, 5.41) is 20.6. The van der Waals surface area contributed by atoms with Gasteiger partial charge >= 0.3 is 0 Å². The molecular weight excluding hydrogens is 336 g/mol. The summed E-state index contributed by atoms with van der Waals surface area (Å²) in [4.78, 5) is 0. The fraction of sp³-hybridized carbons (Fsp3) is 0.750. The van der Waals surface area contributed by atoms with Gasteiger partial charge in [-0.2, -0.15) is 0 Å². The second-order valence-corrected chi connectivity index (χ2v) is 7.74. The molecule has 2 N–H and O–H groups in total. The van der Waals surface area contributed by atoms with Crippen LogP contribution in [-0.2, 0) is 12.8 Å². The summed E-state index contributed by atoms with van der Waals surface area (Å²) in [5.41, 5.74) is 2.28. The summed E-state index contributed by atoms with van der Waals surface area (Å²) in [6.45, 7) is 7.18. The first kappa shape index (κ1) is 23.7. The van der Waals surface area contributed by atoms with Crippen LogP contribution in [0.5, 0.6) is 17.2 Å². The molecule has 1 aromatic rings. The quantitative estimate of drug-likeness (QED) is 0.234. The van der Waals surface area contributed by atoms with Crippen molar-refractivity contribution in [3.8, 4) is 17.2 Å². The van der Waals surface area contributed by atoms with E-state index in [1.54, 1.807) is 6.07 Å². The van der Waals surface area contributed by atoms with Crippen LogP contribution in [0.4, 0.5) is 0 Å². The van der Waals surface area contributed by atoms with Crippen LogP contribution in [0.1, 0.15) is 109 Å². The zero-order valence-electron chi connectivity index (χ0n) is 18.0. The maximum absolute atomic E-state index is 10.4. The van der Waals surface area contributed by atoms with Crippen LogP contribution < -0.4 is 4.74 Å². The second kappa shape index (κ2) is 14.6. The minimum Gasteiger partial charge on any atom is -0.504 e. The summed E-state index contributed by atoms with van der Waals surface area (Å²) in [5.74, 6) is 0.409. The third-order valence-electron chi connectivity index (χ3n) is 5.25. The lowest BCUT2D eigenvalue weighted by atomic mass is 9.94. The van der Waals surface area contributed by atoms with Crippen molar-refractivity contribution >= 4 is 0 Å². The molecule has 1 aromatic carbocycles. The van der Waals surface area contributed by atoms with Crippen molar-refractivity contribution in [2.75, 3.05) is 6.61 Å². The Hall–Kier alpha value is -1.38. The number of unbranched alkanes of at least 4 members (excludes halogenated alkanes) is 9. The lowest BCUT2D eigenvalue weighted by Gasteiger charge is -2.18. The highest BCUT2D eigenvalue weighted by atomic mass is 16.5. The third-order valence-corrected chi connectivity index (χ3v) is 5.25. The summed E-state index contributed by atoms with van der Waals surface area (Å²) in [6, 6.07) is 1.77. The molecule has 0 fully saturated rings. The molecule has 27 heavy (non-hydrogen) atoms. The maximum atomic E-state index is 10.4. The van der Waals surface area contributed by atoms with Gasteiger partial charge in [0.15, 0.2) is 11.5 Å². The molecular formula is C24H42O3. The van der Waals surface area contributed by atoms with Crippen molar-refractivity contribution in [1.29, 1.82) is 0 Å². The lowest BCUT2D eigenvalue weighted by Crippen LogP contribution is -2.04. The molecule has 0 heterocycles. The average molecular weight is 379 g/mol. The largest absolute Gasteiger partial charge is 0.504 e. The van der Waals surface area contributed by atoms with Gasteiger partial charge in [0.1, 0.15) is 0 Å². The van der Waals surface area contributed by atoms with Crippen LogP contribution in [0.15, 0.2) is 6.07 Å². The number of hydrogen-bond donors (Lipinski definition) is 2. The molecule has 0 radical (unpaired) electrons. The number of aryl methyl sites for hydroxylation is 1. The van der Waals surface area contributed by atoms with Gasteiger partial charge in [0.2, 0.25) is 5.75 Å². The van der Waals surface area contributed by atoms with E-state index in [4.69, 9.17) is 4.74 Å². The Morgan fingerprint density at radius 3 is 1.85 bits per heavy atom. The normalized spacial score (nSPS) is 11.1. The summed E-state index contributed by atoms with van der Waals surface area (Å²) < 4.78 is 5.94. The zero-order chi connectivity index (χ0) is 19.9. The van der Waals surface area contributed by atoms with Crippen LogP contribution in [-0.4, -0.2) is 16.8 Å². The number of phenols is 2. The number of phenolic OH excluding ortho intramolecular Hbond substituents is 2. The van der Waals surface area contributed by atoms with Gasteiger partial charge in [-0.1, -0.05) is 78.6 Å². The molecule has 0 atom stereocenters. The minimum atomic E-state index is -0.0793. The topological polar surface area (TPSA) is 49.7 Å². The molecule has 0 amide bonds. The van der Waals surface area contributed by atoms with E-state index in [1.165, 1.54) is 51.4 Å². The van der Waals surface area contributed by atoms with Crippen molar-refractivity contribution < 1.29 is 14.9 Å². The molecule has 0 saturated carbocycles. The number of rotatable bonds is 16. The molecule has 0 unspecified atom stereocenters. The number of ether oxygens (including phenoxy) is 1. The highest BCUT2D eigenvalue weighted by Gasteiger charge is 2.18. The van der Waals surface area contributed by atoms with Gasteiger partial charge in [0.05, 0.1) is 6.61 Å². The van der Waals surface area contributed by atoms with E-state index in [2.05, 4.69) is 20.8 Å². The Balaban J connectivity index is 2.88. The molecule has 0 saturated heterocycles. The first-order valence-electron chi connectivity index (χ1n) is 11.3. The first-order valence-corrected chi connectivity index (χ1v) is 11.3. The Bertz CT molecular complexity index is 511. The second-order valence-electron chi connectivity index (χ2n) is 7.74. The van der Waals surface area contributed by atoms with Crippen LogP contribution in [0.25, 0.3) is 0 Å². The zero-order valence-corrected chi connectivity index (χ0v) is 18.0. The van der Waals surface area contributed by atoms with Gasteiger partial charge in [-0.05, 0) is 43.7 Å². The predicted molar refractivity (Wildman–Crippen MR) is 115 cm³/mol. The van der Waals surface area contributed by atoms with E-state index in [0.717, 1.165) is 49.7 Å².